The van der Waals surface area contributed by atoms with Crippen LogP contribution in [0.5, 0.6) is 0 Å². The number of nitrogens with one attached hydrogen (secondary N) is 1. The van der Waals surface area contributed by atoms with E-state index < -0.39 is 125 Å². The van der Waals surface area contributed by atoms with E-state index in [1.54, 1.807) is 11.8 Å². The fourth-order valence-corrected chi connectivity index (χ4v) is 7.28. The predicted octanol–water partition coefficient (Wildman–Crippen LogP) is -5.81. The highest BCUT2D eigenvalue weighted by Gasteiger charge is 2.51. The number of thioether (sulfide) groups is 2. The van der Waals surface area contributed by atoms with Crippen molar-refractivity contribution < 1.29 is 93.8 Å². The van der Waals surface area contributed by atoms with Gasteiger partial charge in [0.25, 0.3) is 6.47 Å². The summed E-state index contributed by atoms with van der Waals surface area (Å²) in [4.78, 5) is 21.9. The molecule has 51 heavy (non-hydrogen) atoms. The molecule has 8 unspecified atom stereocenters. The molecule has 11 N–H and O–H groups in total. The normalized spacial score (nSPS) is 37.7. The maximum Gasteiger partial charge on any atom is 0.295 e. The van der Waals surface area contributed by atoms with Crippen molar-refractivity contribution in [3.63, 3.8) is 0 Å². The number of aliphatic hydroxyl groups is 10. The minimum Gasteiger partial charge on any atom is -0.437 e. The molecular formula is C29H51NO19S2. The van der Waals surface area contributed by atoms with Crippen LogP contribution in [0.4, 0.5) is 0 Å². The van der Waals surface area contributed by atoms with Crippen LogP contribution in [-0.2, 0) is 42.7 Å². The van der Waals surface area contributed by atoms with Crippen molar-refractivity contribution in [1.82, 2.24) is 5.32 Å². The minimum absolute atomic E-state index is 0.0104. The number of Topliss-reactive ketones (excluding diaryl/α,β-unsaturated/α-hetero) is 1. The molecular weight excluding hydrogens is 730 g/mol. The number of aliphatic hydroxyl groups excluding tert-OH is 10. The summed E-state index contributed by atoms with van der Waals surface area (Å²) in [5.41, 5.74) is 0. The third kappa shape index (κ3) is 12.9. The van der Waals surface area contributed by atoms with Crippen molar-refractivity contribution in [2.45, 2.75) is 106 Å². The standard InChI is InChI=1S/C29H51NO19S2/c1-13(34)10-51-12-50-4-2-3-30-5-15(35)20(38)17(7-32)46-27-24(42)22(40)18(9-44-27)47-29-25(21(39)16(36)8-43-29)48-28-23(41)19(37)14(6-31)26(49-28)45-11-33/h11,14-32,35-42H,2-10,12H2,1H3/t14-,15?,16+,17?,18+,19-,20?,21?,22-,23?,24?,25?,26?,27-,28-,29-/m0/s1. The summed E-state index contributed by atoms with van der Waals surface area (Å²) in [7, 11) is 0. The van der Waals surface area contributed by atoms with Gasteiger partial charge < -0.3 is 89.5 Å². The largest absolute Gasteiger partial charge is 0.437 e. The molecule has 22 heteroatoms. The topological polar surface area (TPSA) is 313 Å². The van der Waals surface area contributed by atoms with E-state index in [4.69, 9.17) is 33.2 Å². The lowest BCUT2D eigenvalue weighted by molar-refractivity contribution is -0.384. The van der Waals surface area contributed by atoms with Gasteiger partial charge in [-0.3, -0.25) is 9.59 Å². The Hall–Kier alpha value is -0.840. The van der Waals surface area contributed by atoms with Crippen molar-refractivity contribution in [3.8, 4) is 0 Å². The first-order valence-corrected chi connectivity index (χ1v) is 18.6. The van der Waals surface area contributed by atoms with Gasteiger partial charge in [0.2, 0.25) is 6.29 Å². The molecule has 16 atom stereocenters. The molecule has 0 amide bonds. The van der Waals surface area contributed by atoms with E-state index in [-0.39, 0.29) is 18.8 Å². The lowest BCUT2D eigenvalue weighted by atomic mass is 9.94. The third-order valence-electron chi connectivity index (χ3n) is 8.28. The van der Waals surface area contributed by atoms with Gasteiger partial charge in [-0.15, -0.1) is 11.8 Å². The first-order valence-electron chi connectivity index (χ1n) is 16.3. The second kappa shape index (κ2) is 22.5. The van der Waals surface area contributed by atoms with Gasteiger partial charge in [-0.05, 0) is 25.6 Å². The van der Waals surface area contributed by atoms with E-state index in [0.717, 1.165) is 17.3 Å². The number of hydrogen-bond donors (Lipinski definition) is 11. The molecule has 0 bridgehead atoms. The van der Waals surface area contributed by atoms with Crippen LogP contribution in [-0.4, -0.2) is 212 Å². The molecule has 0 spiro atoms. The smallest absolute Gasteiger partial charge is 0.295 e. The molecule has 3 aliphatic heterocycles. The monoisotopic (exact) mass is 781 g/mol. The molecule has 298 valence electrons. The molecule has 0 aromatic heterocycles. The van der Waals surface area contributed by atoms with Crippen molar-refractivity contribution in [1.29, 1.82) is 0 Å². The highest BCUT2D eigenvalue weighted by Crippen LogP contribution is 2.32. The van der Waals surface area contributed by atoms with Gasteiger partial charge >= 0.3 is 0 Å². The Morgan fingerprint density at radius 1 is 0.902 bits per heavy atom. The van der Waals surface area contributed by atoms with Crippen molar-refractivity contribution >= 4 is 35.8 Å². The number of ether oxygens (including phenoxy) is 7. The molecule has 0 aromatic rings. The van der Waals surface area contributed by atoms with E-state index in [1.165, 1.54) is 18.7 Å². The molecule has 0 radical (unpaired) electrons. The number of ketones is 1. The lowest BCUT2D eigenvalue weighted by Crippen LogP contribution is -2.63. The number of hydrogen-bond acceptors (Lipinski definition) is 22. The van der Waals surface area contributed by atoms with E-state index in [0.29, 0.717) is 12.3 Å². The number of carbonyl (C=O) groups excluding carboxylic acids is 2. The number of carbonyl (C=O) groups is 2. The molecule has 0 aliphatic carbocycles. The average Bonchev–Trinajstić information content (AvgIpc) is 3.10. The summed E-state index contributed by atoms with van der Waals surface area (Å²) in [6.07, 6.45) is -23.7. The first kappa shape index (κ1) is 44.6. The molecule has 20 nitrogen and oxygen atoms in total. The first-order chi connectivity index (χ1) is 24.3. The Morgan fingerprint density at radius 3 is 2.27 bits per heavy atom. The van der Waals surface area contributed by atoms with E-state index >= 15 is 0 Å². The Kier molecular flexibility index (Phi) is 19.7. The summed E-state index contributed by atoms with van der Waals surface area (Å²) in [6.45, 7) is -0.474. The van der Waals surface area contributed by atoms with Crippen molar-refractivity contribution in [3.05, 3.63) is 0 Å². The highest BCUT2D eigenvalue weighted by molar-refractivity contribution is 8.16. The maximum atomic E-state index is 11.0. The zero-order chi connectivity index (χ0) is 37.7. The minimum atomic E-state index is -1.84. The van der Waals surface area contributed by atoms with Crippen molar-refractivity contribution in [2.24, 2.45) is 5.92 Å². The molecule has 3 heterocycles. The van der Waals surface area contributed by atoms with Gasteiger partial charge in [-0.25, -0.2) is 0 Å². The fraction of sp³-hybridized carbons (Fsp3) is 0.931. The molecule has 3 fully saturated rings. The van der Waals surface area contributed by atoms with Crippen LogP contribution in [0.3, 0.4) is 0 Å². The zero-order valence-electron chi connectivity index (χ0n) is 27.8. The van der Waals surface area contributed by atoms with Gasteiger partial charge in [0.05, 0.1) is 50.3 Å². The quantitative estimate of drug-likeness (QED) is 0.0277. The number of rotatable bonds is 22. The second-order valence-electron chi connectivity index (χ2n) is 12.2. The molecule has 0 aromatic carbocycles. The average molecular weight is 782 g/mol. The van der Waals surface area contributed by atoms with Gasteiger partial charge in [0, 0.05) is 11.6 Å². The van der Waals surface area contributed by atoms with E-state index in [1.807, 2.05) is 0 Å². The van der Waals surface area contributed by atoms with Crippen LogP contribution in [0.25, 0.3) is 0 Å². The van der Waals surface area contributed by atoms with Gasteiger partial charge in [0.15, 0.2) is 18.9 Å². The maximum absolute atomic E-state index is 11.0. The van der Waals surface area contributed by atoms with E-state index in [9.17, 15) is 60.7 Å². The van der Waals surface area contributed by atoms with Crippen LogP contribution >= 0.6 is 23.5 Å². The molecule has 3 saturated heterocycles. The Labute approximate surface area is 302 Å². The van der Waals surface area contributed by atoms with Gasteiger partial charge in [-0.1, -0.05) is 0 Å². The summed E-state index contributed by atoms with van der Waals surface area (Å²) >= 11 is 3.21. The Balaban J connectivity index is 1.51. The van der Waals surface area contributed by atoms with Crippen LogP contribution in [0.2, 0.25) is 0 Å². The summed E-state index contributed by atoms with van der Waals surface area (Å²) in [5, 5.41) is 108. The molecule has 0 saturated carbocycles. The predicted molar refractivity (Wildman–Crippen MR) is 174 cm³/mol. The molecule has 3 rings (SSSR count). The third-order valence-corrected chi connectivity index (χ3v) is 10.8. The second-order valence-corrected chi connectivity index (χ2v) is 14.7. The Bertz CT molecular complexity index is 1020. The van der Waals surface area contributed by atoms with Gasteiger partial charge in [0.1, 0.15) is 60.7 Å². The van der Waals surface area contributed by atoms with Gasteiger partial charge in [-0.2, -0.15) is 11.8 Å². The SMILES string of the molecule is CC(=O)CSCSCCCNCC(O)C(O)C(CO)O[C@@H]1OC[C@@H](O[C@@H]2OC[C@@H](O)C(O)C2O[C@H]2OC(OC=O)[C@@H](CO)[C@H](O)C2O)[C@H](O)C1O. The van der Waals surface area contributed by atoms with Crippen LogP contribution < -0.4 is 5.32 Å². The zero-order valence-corrected chi connectivity index (χ0v) is 29.5. The summed E-state index contributed by atoms with van der Waals surface area (Å²) in [5.74, 6) is 0.155. The Morgan fingerprint density at radius 2 is 1.61 bits per heavy atom. The summed E-state index contributed by atoms with van der Waals surface area (Å²) in [6, 6.07) is 0. The van der Waals surface area contributed by atoms with E-state index in [2.05, 4.69) is 5.32 Å². The van der Waals surface area contributed by atoms with Crippen LogP contribution in [0.15, 0.2) is 0 Å². The van der Waals surface area contributed by atoms with Crippen molar-refractivity contribution in [2.75, 3.05) is 56.1 Å². The molecule has 3 aliphatic rings. The van der Waals surface area contributed by atoms with Crippen LogP contribution in [0.1, 0.15) is 13.3 Å². The van der Waals surface area contributed by atoms with Crippen LogP contribution in [0, 0.1) is 5.92 Å². The fourth-order valence-electron chi connectivity index (χ4n) is 5.37. The lowest BCUT2D eigenvalue weighted by Gasteiger charge is -2.46. The highest BCUT2D eigenvalue weighted by atomic mass is 32.2. The summed E-state index contributed by atoms with van der Waals surface area (Å²) < 4.78 is 37.9.